The average Bonchev–Trinajstić information content (AvgIpc) is 3.30. The first-order chi connectivity index (χ1) is 32.0. The minimum absolute atomic E-state index is 0.103. The van der Waals surface area contributed by atoms with Crippen molar-refractivity contribution in [3.63, 3.8) is 0 Å². The Balaban J connectivity index is 4.45. The molecule has 0 heterocycles. The molecule has 0 radical (unpaired) electrons. The zero-order valence-electron chi connectivity index (χ0n) is 42.7. The van der Waals surface area contributed by atoms with E-state index in [-0.39, 0.29) is 44.0 Å². The van der Waals surface area contributed by atoms with E-state index in [4.69, 9.17) is 14.2 Å². The van der Waals surface area contributed by atoms with Crippen molar-refractivity contribution >= 4 is 17.9 Å². The van der Waals surface area contributed by atoms with Crippen molar-refractivity contribution in [2.45, 2.75) is 271 Å². The van der Waals surface area contributed by atoms with Crippen LogP contribution in [0, 0.1) is 0 Å². The second-order valence-electron chi connectivity index (χ2n) is 18.1. The number of carbonyl (C=O) groups is 3. The number of hydrogen-bond acceptors (Lipinski definition) is 6. The van der Waals surface area contributed by atoms with Gasteiger partial charge in [0.2, 0.25) is 0 Å². The summed E-state index contributed by atoms with van der Waals surface area (Å²) < 4.78 is 16.7. The lowest BCUT2D eigenvalue weighted by Gasteiger charge is -2.18. The molecule has 0 aliphatic heterocycles. The SMILES string of the molecule is CC/C=C/C/C=C/C/C=C/C/C=C/CCCCCC(=O)OC(COC(=O)CC/C=C/C/C=C/CCCCCCCC)COC(=O)CCCCCCCCCCCCCCCCCCCC. The van der Waals surface area contributed by atoms with Crippen LogP contribution >= 0.6 is 0 Å². The summed E-state index contributed by atoms with van der Waals surface area (Å²) in [5.41, 5.74) is 0. The molecule has 374 valence electrons. The fourth-order valence-electron chi connectivity index (χ4n) is 7.60. The van der Waals surface area contributed by atoms with E-state index >= 15 is 0 Å². The van der Waals surface area contributed by atoms with Crippen LogP contribution in [0.25, 0.3) is 0 Å². The molecule has 0 aliphatic rings. The molecule has 1 atom stereocenters. The van der Waals surface area contributed by atoms with E-state index in [1.165, 1.54) is 135 Å². The molecule has 6 heteroatoms. The Morgan fingerprint density at radius 1 is 0.323 bits per heavy atom. The highest BCUT2D eigenvalue weighted by Gasteiger charge is 2.19. The predicted octanol–water partition coefficient (Wildman–Crippen LogP) is 18.2. The van der Waals surface area contributed by atoms with Gasteiger partial charge in [-0.15, -0.1) is 0 Å². The second kappa shape index (κ2) is 53.5. The van der Waals surface area contributed by atoms with Crippen molar-refractivity contribution in [3.8, 4) is 0 Å². The van der Waals surface area contributed by atoms with Crippen LogP contribution in [-0.2, 0) is 28.6 Å². The van der Waals surface area contributed by atoms with Crippen LogP contribution in [0.2, 0.25) is 0 Å². The summed E-state index contributed by atoms with van der Waals surface area (Å²) in [5.74, 6) is -1.000. The molecule has 0 spiro atoms. The van der Waals surface area contributed by atoms with Gasteiger partial charge in [0.15, 0.2) is 6.10 Å². The zero-order valence-corrected chi connectivity index (χ0v) is 42.7. The third-order valence-corrected chi connectivity index (χ3v) is 11.7. The van der Waals surface area contributed by atoms with E-state index in [0.29, 0.717) is 12.8 Å². The topological polar surface area (TPSA) is 78.9 Å². The molecular weight excluding hydrogens is 805 g/mol. The molecule has 1 unspecified atom stereocenters. The molecule has 0 N–H and O–H groups in total. The Bertz CT molecular complexity index is 1230. The summed E-state index contributed by atoms with van der Waals surface area (Å²) in [6.07, 6.45) is 67.6. The molecule has 0 amide bonds. The Morgan fingerprint density at radius 2 is 0.631 bits per heavy atom. The number of rotatable bonds is 49. The van der Waals surface area contributed by atoms with Gasteiger partial charge in [0.25, 0.3) is 0 Å². The van der Waals surface area contributed by atoms with E-state index in [0.717, 1.165) is 83.5 Å². The van der Waals surface area contributed by atoms with Gasteiger partial charge >= 0.3 is 17.9 Å². The number of ether oxygens (including phenoxy) is 3. The van der Waals surface area contributed by atoms with Crippen LogP contribution in [-0.4, -0.2) is 37.2 Å². The molecule has 0 aromatic carbocycles. The largest absolute Gasteiger partial charge is 0.462 e. The third kappa shape index (κ3) is 51.7. The highest BCUT2D eigenvalue weighted by molar-refractivity contribution is 5.71. The fraction of sp³-hybridized carbons (Fsp3) is 0.746. The quantitative estimate of drug-likeness (QED) is 0.0262. The molecular formula is C59H102O6. The molecule has 0 aromatic rings. The van der Waals surface area contributed by atoms with Crippen molar-refractivity contribution in [2.24, 2.45) is 0 Å². The summed E-state index contributed by atoms with van der Waals surface area (Å²) in [4.78, 5) is 38.0. The highest BCUT2D eigenvalue weighted by Crippen LogP contribution is 2.16. The Hall–Kier alpha value is -3.15. The summed E-state index contributed by atoms with van der Waals surface area (Å²) in [6.45, 7) is 6.45. The van der Waals surface area contributed by atoms with Crippen molar-refractivity contribution in [2.75, 3.05) is 13.2 Å². The van der Waals surface area contributed by atoms with Crippen molar-refractivity contribution < 1.29 is 28.6 Å². The maximum Gasteiger partial charge on any atom is 0.306 e. The van der Waals surface area contributed by atoms with Gasteiger partial charge in [-0.3, -0.25) is 14.4 Å². The lowest BCUT2D eigenvalue weighted by Crippen LogP contribution is -2.30. The Kier molecular flexibility index (Phi) is 50.9. The molecule has 0 aliphatic carbocycles. The van der Waals surface area contributed by atoms with Gasteiger partial charge in [-0.25, -0.2) is 0 Å². The van der Waals surface area contributed by atoms with Crippen LogP contribution < -0.4 is 0 Å². The maximum atomic E-state index is 12.8. The van der Waals surface area contributed by atoms with Crippen molar-refractivity contribution in [1.29, 1.82) is 0 Å². The van der Waals surface area contributed by atoms with Gasteiger partial charge < -0.3 is 14.2 Å². The Labute approximate surface area is 402 Å². The lowest BCUT2D eigenvalue weighted by atomic mass is 10.0. The predicted molar refractivity (Wildman–Crippen MR) is 279 cm³/mol. The van der Waals surface area contributed by atoms with Crippen LogP contribution in [0.1, 0.15) is 265 Å². The summed E-state index contributed by atoms with van der Waals surface area (Å²) in [7, 11) is 0. The molecule has 0 fully saturated rings. The van der Waals surface area contributed by atoms with Crippen LogP contribution in [0.4, 0.5) is 0 Å². The van der Waals surface area contributed by atoms with E-state index < -0.39 is 6.10 Å². The normalized spacial score (nSPS) is 12.6. The summed E-state index contributed by atoms with van der Waals surface area (Å²) in [5, 5.41) is 0. The van der Waals surface area contributed by atoms with Crippen LogP contribution in [0.3, 0.4) is 0 Å². The first-order valence-corrected chi connectivity index (χ1v) is 27.4. The first kappa shape index (κ1) is 61.9. The minimum atomic E-state index is -0.813. The molecule has 0 saturated carbocycles. The molecule has 0 bridgehead atoms. The fourth-order valence-corrected chi connectivity index (χ4v) is 7.60. The molecule has 0 saturated heterocycles. The number of esters is 3. The zero-order chi connectivity index (χ0) is 47.2. The second-order valence-corrected chi connectivity index (χ2v) is 18.1. The van der Waals surface area contributed by atoms with E-state index in [9.17, 15) is 14.4 Å². The van der Waals surface area contributed by atoms with E-state index in [1.807, 2.05) is 6.08 Å². The van der Waals surface area contributed by atoms with E-state index in [1.54, 1.807) is 0 Å². The van der Waals surface area contributed by atoms with Crippen LogP contribution in [0.5, 0.6) is 0 Å². The molecule has 0 aromatic heterocycles. The standard InChI is InChI=1S/C59H102O6/c1-4-7-10-13-16-19-22-25-27-29-30-32-34-37-40-43-46-49-52-58(61)64-55-56(54-63-57(60)51-48-45-42-39-36-33-24-21-18-15-12-9-6-3)65-59(62)53-50-47-44-41-38-35-31-28-26-23-20-17-14-11-8-5-2/h8,11,17,20,26,28,33,35-36,38,42,45,56H,4-7,9-10,12-16,18-19,21-25,27,29-32,34,37,39-41,43-44,46-55H2,1-3H3/b11-8+,20-17+,28-26+,36-33+,38-35+,45-42+. The molecule has 6 nitrogen and oxygen atoms in total. The summed E-state index contributed by atoms with van der Waals surface area (Å²) in [6, 6.07) is 0. The van der Waals surface area contributed by atoms with Gasteiger partial charge in [-0.05, 0) is 77.0 Å². The number of hydrogen-bond donors (Lipinski definition) is 0. The number of allylic oxidation sites excluding steroid dienone is 12. The van der Waals surface area contributed by atoms with E-state index in [2.05, 4.69) is 87.6 Å². The number of unbranched alkanes of at least 4 members (excludes halogenated alkanes) is 26. The molecule has 65 heavy (non-hydrogen) atoms. The minimum Gasteiger partial charge on any atom is -0.462 e. The van der Waals surface area contributed by atoms with Gasteiger partial charge in [-0.1, -0.05) is 241 Å². The average molecular weight is 907 g/mol. The van der Waals surface area contributed by atoms with Crippen molar-refractivity contribution in [1.82, 2.24) is 0 Å². The van der Waals surface area contributed by atoms with Crippen LogP contribution in [0.15, 0.2) is 72.9 Å². The van der Waals surface area contributed by atoms with Gasteiger partial charge in [0.1, 0.15) is 13.2 Å². The van der Waals surface area contributed by atoms with Gasteiger partial charge in [-0.2, -0.15) is 0 Å². The highest BCUT2D eigenvalue weighted by atomic mass is 16.6. The monoisotopic (exact) mass is 907 g/mol. The summed E-state index contributed by atoms with van der Waals surface area (Å²) >= 11 is 0. The van der Waals surface area contributed by atoms with Gasteiger partial charge in [0.05, 0.1) is 0 Å². The Morgan fingerprint density at radius 3 is 1.05 bits per heavy atom. The third-order valence-electron chi connectivity index (χ3n) is 11.7. The maximum absolute atomic E-state index is 12.8. The smallest absolute Gasteiger partial charge is 0.306 e. The van der Waals surface area contributed by atoms with Crippen molar-refractivity contribution in [3.05, 3.63) is 72.9 Å². The lowest BCUT2D eigenvalue weighted by molar-refractivity contribution is -0.166. The number of carbonyl (C=O) groups excluding carboxylic acids is 3. The molecule has 0 rings (SSSR count). The first-order valence-electron chi connectivity index (χ1n) is 27.4. The van der Waals surface area contributed by atoms with Gasteiger partial charge in [0, 0.05) is 19.3 Å².